The Bertz CT molecular complexity index is 971. The van der Waals surface area contributed by atoms with Gasteiger partial charge in [0.05, 0.1) is 16.8 Å². The van der Waals surface area contributed by atoms with Crippen molar-refractivity contribution in [3.63, 3.8) is 0 Å². The van der Waals surface area contributed by atoms with Crippen LogP contribution in [0.5, 0.6) is 0 Å². The minimum atomic E-state index is -4.59. The molecule has 1 saturated heterocycles. The summed E-state index contributed by atoms with van der Waals surface area (Å²) in [5, 5.41) is 1.54. The Morgan fingerprint density at radius 2 is 1.58 bits per heavy atom. The molecule has 0 saturated carbocycles. The highest BCUT2D eigenvalue weighted by Gasteiger charge is 2.51. The van der Waals surface area contributed by atoms with E-state index < -0.39 is 36.6 Å². The molecule has 0 bridgehead atoms. The van der Waals surface area contributed by atoms with E-state index >= 15 is 0 Å². The molecule has 2 aromatic carbocycles. The minimum Gasteiger partial charge on any atom is -0.449 e. The largest absolute Gasteiger partial charge is 0.494 e. The maximum atomic E-state index is 13.4. The van der Waals surface area contributed by atoms with Crippen molar-refractivity contribution in [3.05, 3.63) is 42.0 Å². The van der Waals surface area contributed by atoms with Crippen LogP contribution in [0.1, 0.15) is 77.1 Å². The Hall–Kier alpha value is -2.06. The standard InChI is InChI=1S/C25H32BF3O4/c1-6-7-8-9-10-21(25(27,28)29)31-22(30)19-12-11-18-16-20(14-13-17(18)15-19)26-32-23(2,3)24(4,5)33-26/h11-16,21H,6-10H2,1-5H3/t21-/m1/s1. The van der Waals surface area contributed by atoms with Gasteiger partial charge in [-0.15, -0.1) is 0 Å². The molecule has 0 spiro atoms. The lowest BCUT2D eigenvalue weighted by atomic mass is 9.78. The Labute approximate surface area is 193 Å². The van der Waals surface area contributed by atoms with Crippen LogP contribution in [0.2, 0.25) is 0 Å². The quantitative estimate of drug-likeness (QED) is 0.265. The van der Waals surface area contributed by atoms with E-state index in [0.29, 0.717) is 12.8 Å². The first-order valence-electron chi connectivity index (χ1n) is 11.5. The van der Waals surface area contributed by atoms with Crippen LogP contribution in [-0.4, -0.2) is 36.6 Å². The van der Waals surface area contributed by atoms with Crippen molar-refractivity contribution >= 4 is 29.3 Å². The van der Waals surface area contributed by atoms with Gasteiger partial charge in [0.2, 0.25) is 0 Å². The van der Waals surface area contributed by atoms with Crippen molar-refractivity contribution in [3.8, 4) is 0 Å². The zero-order valence-electron chi connectivity index (χ0n) is 19.9. The first kappa shape index (κ1) is 25.6. The molecule has 1 atom stereocenters. The van der Waals surface area contributed by atoms with E-state index in [4.69, 9.17) is 14.0 Å². The third-order valence-corrected chi connectivity index (χ3v) is 6.56. The van der Waals surface area contributed by atoms with E-state index in [-0.39, 0.29) is 12.0 Å². The average molecular weight is 464 g/mol. The number of esters is 1. The number of hydrogen-bond donors (Lipinski definition) is 0. The number of rotatable bonds is 8. The highest BCUT2D eigenvalue weighted by molar-refractivity contribution is 6.62. The van der Waals surface area contributed by atoms with Crippen molar-refractivity contribution in [2.24, 2.45) is 0 Å². The molecule has 0 N–H and O–H groups in total. The highest BCUT2D eigenvalue weighted by Crippen LogP contribution is 2.36. The van der Waals surface area contributed by atoms with E-state index in [9.17, 15) is 18.0 Å². The molecule has 0 unspecified atom stereocenters. The maximum absolute atomic E-state index is 13.4. The van der Waals surface area contributed by atoms with Crippen molar-refractivity contribution < 1.29 is 32.0 Å². The number of carbonyl (C=O) groups is 1. The summed E-state index contributed by atoms with van der Waals surface area (Å²) in [6, 6.07) is 10.3. The number of benzene rings is 2. The third-order valence-electron chi connectivity index (χ3n) is 6.56. The van der Waals surface area contributed by atoms with Gasteiger partial charge in [0.25, 0.3) is 0 Å². The second-order valence-electron chi connectivity index (χ2n) is 9.69. The fourth-order valence-electron chi connectivity index (χ4n) is 3.76. The molecule has 1 aliphatic heterocycles. The monoisotopic (exact) mass is 464 g/mol. The summed E-state index contributed by atoms with van der Waals surface area (Å²) < 4.78 is 57.1. The topological polar surface area (TPSA) is 44.8 Å². The second-order valence-corrected chi connectivity index (χ2v) is 9.69. The molecule has 1 aliphatic rings. The predicted molar refractivity (Wildman–Crippen MR) is 124 cm³/mol. The van der Waals surface area contributed by atoms with E-state index in [0.717, 1.165) is 29.1 Å². The summed E-state index contributed by atoms with van der Waals surface area (Å²) in [5.74, 6) is -0.968. The fraction of sp³-hybridized carbons (Fsp3) is 0.560. The Morgan fingerprint density at radius 1 is 0.970 bits per heavy atom. The molecule has 0 aliphatic carbocycles. The summed E-state index contributed by atoms with van der Waals surface area (Å²) in [7, 11) is -0.524. The van der Waals surface area contributed by atoms with Crippen LogP contribution < -0.4 is 5.46 Å². The number of unbranched alkanes of at least 4 members (excludes halogenated alkanes) is 3. The van der Waals surface area contributed by atoms with Crippen LogP contribution in [0.15, 0.2) is 36.4 Å². The van der Waals surface area contributed by atoms with Crippen molar-refractivity contribution in [1.29, 1.82) is 0 Å². The lowest BCUT2D eigenvalue weighted by Gasteiger charge is -2.32. The van der Waals surface area contributed by atoms with Crippen molar-refractivity contribution in [2.45, 2.75) is 90.2 Å². The zero-order valence-corrected chi connectivity index (χ0v) is 19.9. The molecule has 1 fully saturated rings. The second kappa shape index (κ2) is 9.67. The maximum Gasteiger partial charge on any atom is 0.494 e. The van der Waals surface area contributed by atoms with Crippen LogP contribution in [0.4, 0.5) is 13.2 Å². The van der Waals surface area contributed by atoms with Gasteiger partial charge < -0.3 is 14.0 Å². The Kier molecular flexibility index (Phi) is 7.49. The molecule has 0 radical (unpaired) electrons. The molecule has 180 valence electrons. The summed E-state index contributed by atoms with van der Waals surface area (Å²) >= 11 is 0. The van der Waals surface area contributed by atoms with Crippen LogP contribution >= 0.6 is 0 Å². The van der Waals surface area contributed by atoms with Crippen LogP contribution in [-0.2, 0) is 14.0 Å². The number of alkyl halides is 3. The van der Waals surface area contributed by atoms with E-state index in [1.807, 2.05) is 46.8 Å². The van der Waals surface area contributed by atoms with E-state index in [1.165, 1.54) is 6.07 Å². The lowest BCUT2D eigenvalue weighted by molar-refractivity contribution is -0.206. The lowest BCUT2D eigenvalue weighted by Crippen LogP contribution is -2.41. The number of halogens is 3. The zero-order chi connectivity index (χ0) is 24.4. The van der Waals surface area contributed by atoms with Crippen LogP contribution in [0.3, 0.4) is 0 Å². The Balaban J connectivity index is 1.74. The normalized spacial score (nSPS) is 18.5. The SMILES string of the molecule is CCCCCC[C@@H](OC(=O)c1ccc2cc(B3OC(C)(C)C(C)(C)O3)ccc2c1)C(F)(F)F. The number of fused-ring (bicyclic) bond motifs is 1. The molecule has 1 heterocycles. The smallest absolute Gasteiger partial charge is 0.449 e. The summed E-state index contributed by atoms with van der Waals surface area (Å²) in [4.78, 5) is 12.5. The molecular weight excluding hydrogens is 432 g/mol. The molecule has 0 amide bonds. The average Bonchev–Trinajstić information content (AvgIpc) is 2.95. The molecule has 2 aromatic rings. The third kappa shape index (κ3) is 5.90. The summed E-state index contributed by atoms with van der Waals surface area (Å²) in [6.07, 6.45) is -4.08. The first-order valence-corrected chi connectivity index (χ1v) is 11.5. The number of ether oxygens (including phenoxy) is 1. The fourth-order valence-corrected chi connectivity index (χ4v) is 3.76. The van der Waals surface area contributed by atoms with Gasteiger partial charge in [-0.05, 0) is 68.9 Å². The predicted octanol–water partition coefficient (Wildman–Crippen LogP) is 6.20. The minimum absolute atomic E-state index is 0.0914. The molecule has 3 rings (SSSR count). The first-order chi connectivity index (χ1) is 15.3. The molecule has 33 heavy (non-hydrogen) atoms. The van der Waals surface area contributed by atoms with Gasteiger partial charge in [0, 0.05) is 0 Å². The van der Waals surface area contributed by atoms with Crippen molar-refractivity contribution in [2.75, 3.05) is 0 Å². The number of carbonyl (C=O) groups excluding carboxylic acids is 1. The highest BCUT2D eigenvalue weighted by atomic mass is 19.4. The van der Waals surface area contributed by atoms with Crippen LogP contribution in [0, 0.1) is 0 Å². The summed E-state index contributed by atoms with van der Waals surface area (Å²) in [5.41, 5.74) is -0.00758. The van der Waals surface area contributed by atoms with Gasteiger partial charge >= 0.3 is 19.3 Å². The van der Waals surface area contributed by atoms with E-state index in [2.05, 4.69) is 0 Å². The van der Waals surface area contributed by atoms with Gasteiger partial charge in [-0.1, -0.05) is 50.5 Å². The van der Waals surface area contributed by atoms with Crippen molar-refractivity contribution in [1.82, 2.24) is 0 Å². The van der Waals surface area contributed by atoms with Gasteiger partial charge in [0.1, 0.15) is 0 Å². The van der Waals surface area contributed by atoms with Crippen LogP contribution in [0.25, 0.3) is 10.8 Å². The van der Waals surface area contributed by atoms with Gasteiger partial charge in [-0.25, -0.2) is 4.79 Å². The Morgan fingerprint density at radius 3 is 2.18 bits per heavy atom. The van der Waals surface area contributed by atoms with E-state index in [1.54, 1.807) is 18.2 Å². The molecule has 4 nitrogen and oxygen atoms in total. The molecule has 8 heteroatoms. The molecule has 0 aromatic heterocycles. The summed E-state index contributed by atoms with van der Waals surface area (Å²) in [6.45, 7) is 9.89. The van der Waals surface area contributed by atoms with Gasteiger partial charge in [0.15, 0.2) is 6.10 Å². The number of hydrogen-bond acceptors (Lipinski definition) is 4. The van der Waals surface area contributed by atoms with Gasteiger partial charge in [-0.3, -0.25) is 0 Å². The molecular formula is C25H32BF3O4. The van der Waals surface area contributed by atoms with Gasteiger partial charge in [-0.2, -0.15) is 13.2 Å².